The molecule has 0 fully saturated rings. The maximum absolute atomic E-state index is 14.8. The molecule has 0 unspecified atom stereocenters. The highest BCUT2D eigenvalue weighted by molar-refractivity contribution is 7.80. The number of fused-ring (bicyclic) bond motifs is 9. The lowest BCUT2D eigenvalue weighted by atomic mass is 9.77. The van der Waals surface area contributed by atoms with Gasteiger partial charge in [0, 0.05) is 66.2 Å². The summed E-state index contributed by atoms with van der Waals surface area (Å²) in [5, 5.41) is 58.3. The maximum atomic E-state index is 14.8. The Morgan fingerprint density at radius 2 is 1.02 bits per heavy atom. The second kappa shape index (κ2) is 26.5. The maximum Gasteiger partial charge on any atom is 0.407 e. The largest absolute Gasteiger partial charge is 0.508 e. The van der Waals surface area contributed by atoms with Crippen molar-refractivity contribution in [1.29, 1.82) is 0 Å². The zero-order valence-corrected chi connectivity index (χ0v) is 48.6. The first-order chi connectivity index (χ1) is 43.1. The number of rotatable bonds is 22. The van der Waals surface area contributed by atoms with E-state index in [-0.39, 0.29) is 77.6 Å². The van der Waals surface area contributed by atoms with Gasteiger partial charge >= 0.3 is 18.0 Å². The SMILES string of the molecule is O=C(N[C@@H](CCCCNC(=S)Nc1ccc2c(c1)C(=O)OC21c2ccc(O)cc2Oc2cc(O)ccc21)C(=O)N[C@@H](Cc1ccccc1)C(=O)N[C@@H](Cc1ccccc1)C(=O)N[C@@H](Cc1ccc(O)cc1)C(=O)O)OCC1c2ccccc2-c2ccccc21. The predicted molar refractivity (Wildman–Crippen MR) is 334 cm³/mol. The molecule has 0 saturated heterocycles. The summed E-state index contributed by atoms with van der Waals surface area (Å²) in [5.74, 6) is -4.14. The van der Waals surface area contributed by atoms with Crippen LogP contribution in [-0.4, -0.2) is 98.6 Å². The Morgan fingerprint density at radius 3 is 1.60 bits per heavy atom. The van der Waals surface area contributed by atoms with Crippen LogP contribution in [0, 0.1) is 0 Å². The summed E-state index contributed by atoms with van der Waals surface area (Å²) in [6, 6.07) is 48.3. The normalized spacial score (nSPS) is 14.3. The number of aromatic hydroxyl groups is 3. The average Bonchev–Trinajstić information content (AvgIpc) is 1.66. The van der Waals surface area contributed by atoms with E-state index in [1.165, 1.54) is 36.4 Å². The Bertz CT molecular complexity index is 3900. The van der Waals surface area contributed by atoms with Crippen molar-refractivity contribution in [3.63, 3.8) is 0 Å². The summed E-state index contributed by atoms with van der Waals surface area (Å²) < 4.78 is 18.2. The molecule has 0 bridgehead atoms. The zero-order chi connectivity index (χ0) is 62.2. The Hall–Kier alpha value is -10.7. The van der Waals surface area contributed by atoms with Crippen LogP contribution in [0.1, 0.15) is 80.0 Å². The van der Waals surface area contributed by atoms with Gasteiger partial charge < -0.3 is 66.5 Å². The van der Waals surface area contributed by atoms with Gasteiger partial charge in [0.1, 0.15) is 59.5 Å². The van der Waals surface area contributed by atoms with Gasteiger partial charge in [-0.05, 0) is 119 Å². The molecule has 3 aliphatic rings. The Kier molecular flexibility index (Phi) is 17.8. The first-order valence-electron chi connectivity index (χ1n) is 29.0. The van der Waals surface area contributed by atoms with Crippen LogP contribution in [0.15, 0.2) is 188 Å². The van der Waals surface area contributed by atoms with Crippen molar-refractivity contribution in [3.05, 3.63) is 238 Å². The molecule has 11 rings (SSSR count). The molecule has 4 atom stereocenters. The molecule has 0 saturated carbocycles. The quantitative estimate of drug-likeness (QED) is 0.0172. The molecular weight excluding hydrogens is 1150 g/mol. The van der Waals surface area contributed by atoms with Crippen molar-refractivity contribution < 1.29 is 63.4 Å². The molecule has 1 aliphatic carbocycles. The number of thiocarbonyl (C=S) groups is 1. The number of phenolic OH excluding ortho intramolecular Hbond substituents is 3. The van der Waals surface area contributed by atoms with Crippen molar-refractivity contribution in [2.45, 2.75) is 74.2 Å². The number of hydrogen-bond donors (Lipinski definition) is 10. The van der Waals surface area contributed by atoms with Gasteiger partial charge in [-0.1, -0.05) is 127 Å². The van der Waals surface area contributed by atoms with Crippen LogP contribution in [0.3, 0.4) is 0 Å². The number of unbranched alkanes of at least 4 members (excludes halogenated alkanes) is 1. The minimum atomic E-state index is -1.45. The number of carbonyl (C=O) groups excluding carboxylic acids is 5. The van der Waals surface area contributed by atoms with Crippen LogP contribution in [-0.2, 0) is 53.5 Å². The number of amides is 4. The Morgan fingerprint density at radius 1 is 0.528 bits per heavy atom. The second-order valence-electron chi connectivity index (χ2n) is 22.0. The number of ether oxygens (including phenoxy) is 3. The lowest BCUT2D eigenvalue weighted by Gasteiger charge is -2.36. The topological polar surface area (TPSA) is 283 Å². The highest BCUT2D eigenvalue weighted by Gasteiger charge is 2.54. The summed E-state index contributed by atoms with van der Waals surface area (Å²) in [7, 11) is 0. The molecular formula is C69H62N6O13S. The van der Waals surface area contributed by atoms with Crippen LogP contribution in [0.25, 0.3) is 11.1 Å². The molecule has 1 spiro atoms. The van der Waals surface area contributed by atoms with E-state index in [1.807, 2.05) is 48.5 Å². The average molecular weight is 1220 g/mol. The number of nitrogens with one attached hydrogen (secondary N) is 6. The summed E-state index contributed by atoms with van der Waals surface area (Å²) in [6.07, 6.45) is -0.234. The second-order valence-corrected chi connectivity index (χ2v) is 22.4. The molecule has 8 aromatic rings. The van der Waals surface area contributed by atoms with E-state index in [2.05, 4.69) is 31.9 Å². The molecule has 2 aliphatic heterocycles. The van der Waals surface area contributed by atoms with E-state index in [1.54, 1.807) is 103 Å². The van der Waals surface area contributed by atoms with Crippen LogP contribution >= 0.6 is 12.2 Å². The van der Waals surface area contributed by atoms with Gasteiger partial charge in [0.15, 0.2) is 10.7 Å². The first-order valence-corrected chi connectivity index (χ1v) is 29.4. The summed E-state index contributed by atoms with van der Waals surface area (Å²) in [4.78, 5) is 84.1. The monoisotopic (exact) mass is 1210 g/mol. The minimum Gasteiger partial charge on any atom is -0.508 e. The molecule has 0 aromatic heterocycles. The van der Waals surface area contributed by atoms with E-state index < -0.39 is 65.5 Å². The highest BCUT2D eigenvalue weighted by atomic mass is 32.1. The number of benzene rings is 8. The van der Waals surface area contributed by atoms with Crippen molar-refractivity contribution in [1.82, 2.24) is 26.6 Å². The van der Waals surface area contributed by atoms with E-state index in [0.29, 0.717) is 58.5 Å². The number of anilines is 1. The summed E-state index contributed by atoms with van der Waals surface area (Å²) in [6.45, 7) is 0.264. The number of esters is 1. The fraction of sp³-hybridized carbons (Fsp3) is 0.203. The first kappa shape index (κ1) is 60.0. The number of carbonyl (C=O) groups is 6. The van der Waals surface area contributed by atoms with Gasteiger partial charge in [-0.15, -0.1) is 0 Å². The molecule has 89 heavy (non-hydrogen) atoms. The minimum absolute atomic E-state index is 0.0144. The molecule has 0 radical (unpaired) electrons. The van der Waals surface area contributed by atoms with Gasteiger partial charge in [-0.25, -0.2) is 14.4 Å². The summed E-state index contributed by atoms with van der Waals surface area (Å²) in [5.41, 5.74) is 6.63. The van der Waals surface area contributed by atoms with E-state index in [4.69, 9.17) is 26.4 Å². The number of hydrogen-bond acceptors (Lipinski definition) is 13. The number of aliphatic carboxylic acids is 1. The smallest absolute Gasteiger partial charge is 0.407 e. The lowest BCUT2D eigenvalue weighted by Crippen LogP contribution is -2.59. The lowest BCUT2D eigenvalue weighted by molar-refractivity contribution is -0.142. The van der Waals surface area contributed by atoms with Crippen molar-refractivity contribution >= 4 is 58.8 Å². The van der Waals surface area contributed by atoms with Crippen molar-refractivity contribution in [2.75, 3.05) is 18.5 Å². The van der Waals surface area contributed by atoms with Gasteiger partial charge in [-0.2, -0.15) is 0 Å². The molecule has 4 amide bonds. The predicted octanol–water partition coefficient (Wildman–Crippen LogP) is 9.00. The van der Waals surface area contributed by atoms with Crippen LogP contribution in [0.2, 0.25) is 0 Å². The van der Waals surface area contributed by atoms with E-state index in [0.717, 1.165) is 22.3 Å². The molecule has 10 N–H and O–H groups in total. The molecule has 2 heterocycles. The highest BCUT2D eigenvalue weighted by Crippen LogP contribution is 2.57. The van der Waals surface area contributed by atoms with Gasteiger partial charge in [-0.3, -0.25) is 14.4 Å². The van der Waals surface area contributed by atoms with E-state index >= 15 is 0 Å². The number of carboxylic acid groups (broad SMARTS) is 1. The molecule has 19 nitrogen and oxygen atoms in total. The Balaban J connectivity index is 0.785. The zero-order valence-electron chi connectivity index (χ0n) is 47.8. The van der Waals surface area contributed by atoms with Gasteiger partial charge in [0.2, 0.25) is 17.7 Å². The fourth-order valence-electron chi connectivity index (χ4n) is 11.7. The van der Waals surface area contributed by atoms with Crippen molar-refractivity contribution in [2.24, 2.45) is 0 Å². The standard InChI is InChI=1S/C69H62N6O13S/c76-44-25-22-42(23-26-44)35-59(65(82)83)74-64(81)58(34-41-15-5-2-6-16-41)73-63(80)57(33-40-13-3-1-4-14-40)72-62(79)56(75-68(85)86-39-52-49-19-9-7-17-47(49)48-18-8-10-20-50(48)52)21-11-12-32-70-67(89)71-43-24-29-53-51(36-43)66(84)88-69(53)54-30-27-45(77)37-60(54)87-61-38-46(78)28-31-55(61)69/h1-10,13-20,22-31,36-38,52,56-59,76-78H,11-12,21,32-35,39H2,(H,72,79)(H,73,80)(H,74,81)(H,75,85)(H,82,83)(H2,70,71,89)/t56-,57-,58-,59-/m0/s1. The van der Waals surface area contributed by atoms with Crippen LogP contribution in [0.4, 0.5) is 10.5 Å². The number of alkyl carbamates (subject to hydrolysis) is 1. The van der Waals surface area contributed by atoms with Crippen LogP contribution in [0.5, 0.6) is 28.7 Å². The van der Waals surface area contributed by atoms with Crippen LogP contribution < -0.4 is 36.6 Å². The third kappa shape index (κ3) is 13.5. The number of carboxylic acids is 1. The van der Waals surface area contributed by atoms with Gasteiger partial charge in [0.25, 0.3) is 0 Å². The number of phenols is 3. The fourth-order valence-corrected chi connectivity index (χ4v) is 11.9. The Labute approximate surface area is 517 Å². The molecule has 20 heteroatoms. The molecule has 8 aromatic carbocycles. The van der Waals surface area contributed by atoms with E-state index in [9.17, 15) is 49.2 Å². The van der Waals surface area contributed by atoms with Crippen molar-refractivity contribution in [3.8, 4) is 39.9 Å². The summed E-state index contributed by atoms with van der Waals surface area (Å²) >= 11 is 5.70. The molecule has 452 valence electrons. The van der Waals surface area contributed by atoms with Gasteiger partial charge in [0.05, 0.1) is 5.56 Å². The third-order valence-corrected chi connectivity index (χ3v) is 16.3. The third-order valence-electron chi connectivity index (χ3n) is 16.0.